The molecule has 4 nitrogen and oxygen atoms in total. The van der Waals surface area contributed by atoms with E-state index in [0.717, 1.165) is 25.7 Å². The Morgan fingerprint density at radius 1 is 1.19 bits per heavy atom. The molecule has 0 N–H and O–H groups in total. The maximum absolute atomic E-state index is 6.03. The van der Waals surface area contributed by atoms with Gasteiger partial charge >= 0.3 is 0 Å². The zero-order chi connectivity index (χ0) is 14.9. The minimum absolute atomic E-state index is 0.168. The van der Waals surface area contributed by atoms with Gasteiger partial charge < -0.3 is 18.9 Å². The maximum Gasteiger partial charge on any atom is 0.193 e. The van der Waals surface area contributed by atoms with Gasteiger partial charge in [-0.3, -0.25) is 0 Å². The van der Waals surface area contributed by atoms with Crippen molar-refractivity contribution in [2.75, 3.05) is 33.7 Å². The van der Waals surface area contributed by atoms with Gasteiger partial charge in [-0.05, 0) is 26.2 Å². The molecule has 0 amide bonds. The van der Waals surface area contributed by atoms with E-state index in [2.05, 4.69) is 19.9 Å². The third-order valence-electron chi connectivity index (χ3n) is 5.35. The molecule has 1 saturated carbocycles. The van der Waals surface area contributed by atoms with Gasteiger partial charge in [-0.15, -0.1) is 0 Å². The zero-order valence-electron chi connectivity index (χ0n) is 13.4. The fourth-order valence-corrected chi connectivity index (χ4v) is 4.26. The summed E-state index contributed by atoms with van der Waals surface area (Å²) in [7, 11) is 1.65. The van der Waals surface area contributed by atoms with Gasteiger partial charge in [0, 0.05) is 24.5 Å². The van der Waals surface area contributed by atoms with E-state index in [9.17, 15) is 0 Å². The fraction of sp³-hybridized carbons (Fsp3) is 0.765. The first-order valence-corrected chi connectivity index (χ1v) is 7.89. The van der Waals surface area contributed by atoms with Gasteiger partial charge in [0.1, 0.15) is 6.79 Å². The molecule has 21 heavy (non-hydrogen) atoms. The number of ether oxygens (including phenoxy) is 4. The van der Waals surface area contributed by atoms with Gasteiger partial charge in [-0.25, -0.2) is 0 Å². The number of methoxy groups -OCH3 is 1. The summed E-state index contributed by atoms with van der Waals surface area (Å²) in [6, 6.07) is 0. The summed E-state index contributed by atoms with van der Waals surface area (Å²) in [5.41, 5.74) is 4.40. The molecule has 1 saturated heterocycles. The van der Waals surface area contributed by atoms with Crippen LogP contribution >= 0.6 is 0 Å². The zero-order valence-corrected chi connectivity index (χ0v) is 13.4. The fourth-order valence-electron chi connectivity index (χ4n) is 4.26. The van der Waals surface area contributed by atoms with Crippen LogP contribution in [0.3, 0.4) is 0 Å². The van der Waals surface area contributed by atoms with Gasteiger partial charge in [-0.2, -0.15) is 0 Å². The highest BCUT2D eigenvalue weighted by Crippen LogP contribution is 2.58. The van der Waals surface area contributed by atoms with Crippen molar-refractivity contribution in [1.82, 2.24) is 0 Å². The molecule has 0 unspecified atom stereocenters. The first kappa shape index (κ1) is 15.2. The highest BCUT2D eigenvalue weighted by atomic mass is 16.7. The smallest absolute Gasteiger partial charge is 0.193 e. The van der Waals surface area contributed by atoms with Crippen LogP contribution in [0.4, 0.5) is 0 Å². The summed E-state index contributed by atoms with van der Waals surface area (Å²) in [6.45, 7) is 6.71. The van der Waals surface area contributed by atoms with Gasteiger partial charge in [0.15, 0.2) is 5.79 Å². The molecule has 0 bridgehead atoms. The maximum atomic E-state index is 6.03. The van der Waals surface area contributed by atoms with Crippen LogP contribution in [0.2, 0.25) is 0 Å². The van der Waals surface area contributed by atoms with Crippen LogP contribution in [0.25, 0.3) is 0 Å². The normalized spacial score (nSPS) is 33.2. The van der Waals surface area contributed by atoms with Gasteiger partial charge in [0.05, 0.1) is 19.8 Å². The molecule has 3 rings (SSSR count). The van der Waals surface area contributed by atoms with E-state index in [4.69, 9.17) is 18.9 Å². The molecule has 4 heteroatoms. The summed E-state index contributed by atoms with van der Waals surface area (Å²) >= 11 is 0. The summed E-state index contributed by atoms with van der Waals surface area (Å²) in [5.74, 6) is -0.536. The van der Waals surface area contributed by atoms with Crippen LogP contribution in [-0.2, 0) is 18.9 Å². The van der Waals surface area contributed by atoms with E-state index in [1.165, 1.54) is 11.1 Å². The second kappa shape index (κ2) is 5.84. The summed E-state index contributed by atoms with van der Waals surface area (Å²) in [6.07, 6.45) is 6.53. The van der Waals surface area contributed by atoms with E-state index in [-0.39, 0.29) is 5.41 Å². The first-order chi connectivity index (χ1) is 10.2. The Morgan fingerprint density at radius 3 is 2.62 bits per heavy atom. The molecule has 1 heterocycles. The van der Waals surface area contributed by atoms with E-state index in [0.29, 0.717) is 26.6 Å². The average Bonchev–Trinajstić information content (AvgIpc) is 3.08. The van der Waals surface area contributed by atoms with Crippen molar-refractivity contribution in [2.45, 2.75) is 45.3 Å². The van der Waals surface area contributed by atoms with E-state index >= 15 is 0 Å². The predicted molar refractivity (Wildman–Crippen MR) is 79.8 cm³/mol. The summed E-state index contributed by atoms with van der Waals surface area (Å²) < 4.78 is 22.7. The molecule has 0 aromatic rings. The second-order valence-corrected chi connectivity index (χ2v) is 6.31. The lowest BCUT2D eigenvalue weighted by Gasteiger charge is -2.43. The number of rotatable bonds is 4. The molecule has 1 spiro atoms. The third kappa shape index (κ3) is 2.38. The first-order valence-electron chi connectivity index (χ1n) is 7.89. The van der Waals surface area contributed by atoms with Crippen LogP contribution in [0, 0.1) is 5.41 Å². The van der Waals surface area contributed by atoms with Gasteiger partial charge in [0.25, 0.3) is 0 Å². The molecule has 118 valence electrons. The average molecular weight is 294 g/mol. The SMILES string of the molecule is C/C=C1\CCC2=C(COCOC)C3(CC[C@]21C)OCCO3. The molecule has 3 aliphatic rings. The standard InChI is InChI=1S/C17H26O4/c1-4-13-5-6-14-15(11-19-12-18-3)17(20-9-10-21-17)8-7-16(13,14)2/h4H,5-12H2,1-3H3/b13-4+/t16-/m0/s1. The minimum atomic E-state index is -0.536. The van der Waals surface area contributed by atoms with Gasteiger partial charge in [-0.1, -0.05) is 24.1 Å². The monoisotopic (exact) mass is 294 g/mol. The van der Waals surface area contributed by atoms with E-state index < -0.39 is 5.79 Å². The van der Waals surface area contributed by atoms with Crippen LogP contribution in [-0.4, -0.2) is 39.5 Å². The predicted octanol–water partition coefficient (Wildman–Crippen LogP) is 3.19. The number of hydrogen-bond acceptors (Lipinski definition) is 4. The van der Waals surface area contributed by atoms with Crippen LogP contribution < -0.4 is 0 Å². The van der Waals surface area contributed by atoms with Crippen LogP contribution in [0.1, 0.15) is 39.5 Å². The van der Waals surface area contributed by atoms with Crippen LogP contribution in [0.5, 0.6) is 0 Å². The van der Waals surface area contributed by atoms with Crippen molar-refractivity contribution in [3.63, 3.8) is 0 Å². The lowest BCUT2D eigenvalue weighted by Crippen LogP contribution is -2.42. The Bertz CT molecular complexity index is 459. The molecular weight excluding hydrogens is 268 g/mol. The number of hydrogen-bond donors (Lipinski definition) is 0. The van der Waals surface area contributed by atoms with Crippen molar-refractivity contribution in [3.05, 3.63) is 22.8 Å². The molecule has 2 fully saturated rings. The van der Waals surface area contributed by atoms with Crippen molar-refractivity contribution < 1.29 is 18.9 Å². The quantitative estimate of drug-likeness (QED) is 0.453. The largest absolute Gasteiger partial charge is 0.359 e. The Hall–Kier alpha value is -0.680. The Labute approximate surface area is 127 Å². The van der Waals surface area contributed by atoms with E-state index in [1.807, 2.05) is 0 Å². The van der Waals surface area contributed by atoms with E-state index in [1.54, 1.807) is 12.7 Å². The number of fused-ring (bicyclic) bond motifs is 1. The van der Waals surface area contributed by atoms with Crippen molar-refractivity contribution >= 4 is 0 Å². The Morgan fingerprint density at radius 2 is 1.95 bits per heavy atom. The lowest BCUT2D eigenvalue weighted by molar-refractivity contribution is -0.151. The highest BCUT2D eigenvalue weighted by molar-refractivity contribution is 5.43. The lowest BCUT2D eigenvalue weighted by atomic mass is 9.69. The van der Waals surface area contributed by atoms with Crippen molar-refractivity contribution in [2.24, 2.45) is 5.41 Å². The van der Waals surface area contributed by atoms with Crippen molar-refractivity contribution in [3.8, 4) is 0 Å². The summed E-state index contributed by atoms with van der Waals surface area (Å²) in [5, 5.41) is 0. The minimum Gasteiger partial charge on any atom is -0.359 e. The molecule has 0 aromatic carbocycles. The molecule has 2 aliphatic carbocycles. The van der Waals surface area contributed by atoms with Crippen LogP contribution in [0.15, 0.2) is 22.8 Å². The molecular formula is C17H26O4. The van der Waals surface area contributed by atoms with Gasteiger partial charge in [0.2, 0.25) is 0 Å². The Kier molecular flexibility index (Phi) is 4.23. The topological polar surface area (TPSA) is 36.9 Å². The Balaban J connectivity index is 1.97. The van der Waals surface area contributed by atoms with Crippen molar-refractivity contribution in [1.29, 1.82) is 0 Å². The molecule has 0 aromatic heterocycles. The molecule has 0 radical (unpaired) electrons. The molecule has 1 atom stereocenters. The third-order valence-corrected chi connectivity index (χ3v) is 5.35. The molecule has 1 aliphatic heterocycles. The summed E-state index contributed by atoms with van der Waals surface area (Å²) in [4.78, 5) is 0. The number of allylic oxidation sites excluding steroid dienone is 3. The second-order valence-electron chi connectivity index (χ2n) is 6.31. The highest BCUT2D eigenvalue weighted by Gasteiger charge is 2.52.